The minimum Gasteiger partial charge on any atom is -0.328 e. The van der Waals surface area contributed by atoms with Crippen molar-refractivity contribution in [1.29, 1.82) is 0 Å². The van der Waals surface area contributed by atoms with Crippen molar-refractivity contribution in [3.63, 3.8) is 0 Å². The molecule has 2 nitrogen and oxygen atoms in total. The van der Waals surface area contributed by atoms with Gasteiger partial charge in [0.2, 0.25) is 0 Å². The standard InChI is InChI=1S/C14H16Cl2N2/c15-7-5-14-17-12-9-11(16)3-4-13(12)18(14)8-6-10-1-2-10/h3-4,9-10H,1-2,5-8H2. The zero-order valence-electron chi connectivity index (χ0n) is 10.2. The van der Waals surface area contributed by atoms with E-state index in [-0.39, 0.29) is 0 Å². The van der Waals surface area contributed by atoms with Crippen LogP contribution in [0.5, 0.6) is 0 Å². The van der Waals surface area contributed by atoms with Crippen molar-refractivity contribution in [3.8, 4) is 0 Å². The Hall–Kier alpha value is -0.730. The van der Waals surface area contributed by atoms with E-state index in [9.17, 15) is 0 Å². The molecule has 0 N–H and O–H groups in total. The van der Waals surface area contributed by atoms with Crippen molar-refractivity contribution in [3.05, 3.63) is 29.0 Å². The number of halogens is 2. The molecule has 3 rings (SSSR count). The van der Waals surface area contributed by atoms with Crippen molar-refractivity contribution >= 4 is 34.2 Å². The highest BCUT2D eigenvalue weighted by atomic mass is 35.5. The average Bonchev–Trinajstić information content (AvgIpc) is 3.10. The highest BCUT2D eigenvalue weighted by Crippen LogP contribution is 2.33. The monoisotopic (exact) mass is 282 g/mol. The van der Waals surface area contributed by atoms with Crippen molar-refractivity contribution in [2.75, 3.05) is 5.88 Å². The van der Waals surface area contributed by atoms with Gasteiger partial charge in [-0.3, -0.25) is 0 Å². The Labute approximate surface area is 117 Å². The molecule has 4 heteroatoms. The maximum Gasteiger partial charge on any atom is 0.111 e. The average molecular weight is 283 g/mol. The first kappa shape index (κ1) is 12.3. The van der Waals surface area contributed by atoms with Gasteiger partial charge in [-0.2, -0.15) is 0 Å². The second-order valence-corrected chi connectivity index (χ2v) is 5.80. The van der Waals surface area contributed by atoms with Crippen molar-refractivity contribution in [1.82, 2.24) is 9.55 Å². The number of hydrogen-bond donors (Lipinski definition) is 0. The van der Waals surface area contributed by atoms with Gasteiger partial charge >= 0.3 is 0 Å². The molecule has 1 aromatic heterocycles. The fourth-order valence-corrected chi connectivity index (χ4v) is 2.73. The molecule has 18 heavy (non-hydrogen) atoms. The highest BCUT2D eigenvalue weighted by molar-refractivity contribution is 6.31. The SMILES string of the molecule is ClCCc1nc2cc(Cl)ccc2n1CCC1CC1. The summed E-state index contributed by atoms with van der Waals surface area (Å²) in [7, 11) is 0. The van der Waals surface area contributed by atoms with E-state index < -0.39 is 0 Å². The number of nitrogens with zero attached hydrogens (tertiary/aromatic N) is 2. The summed E-state index contributed by atoms with van der Waals surface area (Å²) in [5.41, 5.74) is 2.17. The largest absolute Gasteiger partial charge is 0.328 e. The molecule has 0 bridgehead atoms. The summed E-state index contributed by atoms with van der Waals surface area (Å²) < 4.78 is 2.31. The molecule has 0 spiro atoms. The van der Waals surface area contributed by atoms with E-state index in [1.807, 2.05) is 12.1 Å². The Bertz CT molecular complexity index is 558. The molecule has 1 saturated carbocycles. The lowest BCUT2D eigenvalue weighted by atomic mass is 10.2. The zero-order valence-corrected chi connectivity index (χ0v) is 11.7. The van der Waals surface area contributed by atoms with Crippen molar-refractivity contribution < 1.29 is 0 Å². The number of fused-ring (bicyclic) bond motifs is 1. The van der Waals surface area contributed by atoms with Crippen LogP contribution in [0, 0.1) is 5.92 Å². The summed E-state index contributed by atoms with van der Waals surface area (Å²) in [6.45, 7) is 1.05. The van der Waals surface area contributed by atoms with Crippen LogP contribution >= 0.6 is 23.2 Å². The number of imidazole rings is 1. The topological polar surface area (TPSA) is 17.8 Å². The second kappa shape index (κ2) is 5.10. The van der Waals surface area contributed by atoms with Gasteiger partial charge in [0.1, 0.15) is 5.82 Å². The van der Waals surface area contributed by atoms with Gasteiger partial charge in [-0.15, -0.1) is 11.6 Å². The van der Waals surface area contributed by atoms with Crippen LogP contribution in [0.25, 0.3) is 11.0 Å². The summed E-state index contributed by atoms with van der Waals surface area (Å²) in [4.78, 5) is 4.66. The first-order valence-electron chi connectivity index (χ1n) is 6.48. The van der Waals surface area contributed by atoms with E-state index in [0.717, 1.165) is 35.2 Å². The second-order valence-electron chi connectivity index (χ2n) is 4.98. The number of alkyl halides is 1. The third-order valence-corrected chi connectivity index (χ3v) is 3.99. The van der Waals surface area contributed by atoms with Gasteiger partial charge in [0, 0.05) is 23.9 Å². The van der Waals surface area contributed by atoms with Crippen LogP contribution in [-0.2, 0) is 13.0 Å². The quantitative estimate of drug-likeness (QED) is 0.749. The van der Waals surface area contributed by atoms with Crippen LogP contribution in [0.1, 0.15) is 25.1 Å². The molecule has 1 heterocycles. The smallest absolute Gasteiger partial charge is 0.111 e. The van der Waals surface area contributed by atoms with Crippen LogP contribution < -0.4 is 0 Å². The Morgan fingerprint density at radius 3 is 2.89 bits per heavy atom. The summed E-state index contributed by atoms with van der Waals surface area (Å²) in [6, 6.07) is 5.93. The summed E-state index contributed by atoms with van der Waals surface area (Å²) in [5.74, 6) is 2.63. The van der Waals surface area contributed by atoms with E-state index in [4.69, 9.17) is 23.2 Å². The molecule has 2 aromatic rings. The predicted octanol–water partition coefficient (Wildman–Crippen LogP) is 4.27. The van der Waals surface area contributed by atoms with Gasteiger partial charge < -0.3 is 4.57 Å². The number of benzene rings is 1. The van der Waals surface area contributed by atoms with E-state index in [0.29, 0.717) is 5.88 Å². The molecule has 1 aliphatic carbocycles. The van der Waals surface area contributed by atoms with Crippen LogP contribution in [0.15, 0.2) is 18.2 Å². The first-order valence-corrected chi connectivity index (χ1v) is 7.40. The van der Waals surface area contributed by atoms with Gasteiger partial charge in [0.15, 0.2) is 0 Å². The molecule has 0 radical (unpaired) electrons. The summed E-state index contributed by atoms with van der Waals surface area (Å²) in [6.07, 6.45) is 4.86. The summed E-state index contributed by atoms with van der Waals surface area (Å²) in [5, 5.41) is 0.742. The molecule has 1 aliphatic rings. The molecule has 1 fully saturated rings. The molecule has 96 valence electrons. The lowest BCUT2D eigenvalue weighted by molar-refractivity contribution is 0.588. The third kappa shape index (κ3) is 2.50. The number of aromatic nitrogens is 2. The van der Waals surface area contributed by atoms with Gasteiger partial charge in [-0.1, -0.05) is 24.4 Å². The highest BCUT2D eigenvalue weighted by Gasteiger charge is 2.21. The fraction of sp³-hybridized carbons (Fsp3) is 0.500. The summed E-state index contributed by atoms with van der Waals surface area (Å²) >= 11 is 11.9. The number of aryl methyl sites for hydroxylation is 2. The maximum atomic E-state index is 6.02. The van der Waals surface area contributed by atoms with Gasteiger partial charge in [-0.25, -0.2) is 4.98 Å². The van der Waals surface area contributed by atoms with E-state index in [1.54, 1.807) is 0 Å². The van der Waals surface area contributed by atoms with Crippen LogP contribution in [0.3, 0.4) is 0 Å². The molecule has 0 saturated heterocycles. The lowest BCUT2D eigenvalue weighted by Gasteiger charge is -2.07. The fourth-order valence-electron chi connectivity index (χ4n) is 2.40. The lowest BCUT2D eigenvalue weighted by Crippen LogP contribution is -2.05. The Morgan fingerprint density at radius 1 is 1.33 bits per heavy atom. The minimum absolute atomic E-state index is 0.612. The predicted molar refractivity (Wildman–Crippen MR) is 76.5 cm³/mol. The van der Waals surface area contributed by atoms with Gasteiger partial charge in [-0.05, 0) is 30.5 Å². The molecule has 0 aliphatic heterocycles. The number of rotatable bonds is 5. The zero-order chi connectivity index (χ0) is 12.5. The molecule has 0 atom stereocenters. The number of hydrogen-bond acceptors (Lipinski definition) is 1. The maximum absolute atomic E-state index is 6.02. The molecular formula is C14H16Cl2N2. The van der Waals surface area contributed by atoms with Crippen LogP contribution in [-0.4, -0.2) is 15.4 Å². The van der Waals surface area contributed by atoms with Crippen molar-refractivity contribution in [2.24, 2.45) is 5.92 Å². The van der Waals surface area contributed by atoms with Crippen LogP contribution in [0.2, 0.25) is 5.02 Å². The normalized spacial score (nSPS) is 15.4. The third-order valence-electron chi connectivity index (χ3n) is 3.57. The van der Waals surface area contributed by atoms with E-state index in [2.05, 4.69) is 15.6 Å². The Balaban J connectivity index is 1.97. The van der Waals surface area contributed by atoms with Crippen LogP contribution in [0.4, 0.5) is 0 Å². The van der Waals surface area contributed by atoms with Crippen molar-refractivity contribution in [2.45, 2.75) is 32.2 Å². The molecular weight excluding hydrogens is 267 g/mol. The molecule has 0 amide bonds. The molecule has 0 unspecified atom stereocenters. The first-order chi connectivity index (χ1) is 8.78. The Morgan fingerprint density at radius 2 is 2.17 bits per heavy atom. The van der Waals surface area contributed by atoms with E-state index >= 15 is 0 Å². The Kier molecular flexibility index (Phi) is 3.49. The molecule has 1 aromatic carbocycles. The van der Waals surface area contributed by atoms with Gasteiger partial charge in [0.05, 0.1) is 11.0 Å². The van der Waals surface area contributed by atoms with E-state index in [1.165, 1.54) is 24.8 Å². The van der Waals surface area contributed by atoms with Gasteiger partial charge in [0.25, 0.3) is 0 Å². The minimum atomic E-state index is 0.612.